The third-order valence-electron chi connectivity index (χ3n) is 2.64. The maximum atomic E-state index is 6.09. The van der Waals surface area contributed by atoms with E-state index in [0.29, 0.717) is 16.6 Å². The lowest BCUT2D eigenvalue weighted by Gasteiger charge is -2.03. The molecule has 0 spiro atoms. The summed E-state index contributed by atoms with van der Waals surface area (Å²) in [5.74, 6) is 1.40. The number of para-hydroxylation sites is 1. The molecule has 0 saturated carbocycles. The molecular weight excluding hydrogens is 250 g/mol. The van der Waals surface area contributed by atoms with Crippen molar-refractivity contribution in [3.8, 4) is 0 Å². The molecule has 5 heteroatoms. The normalized spacial score (nSPS) is 11.7. The number of aliphatic imine (C=N–C) groups is 1. The number of halogens is 1. The molecular formula is C13H15ClN3O+. The highest BCUT2D eigenvalue weighted by Crippen LogP contribution is 2.24. The van der Waals surface area contributed by atoms with Gasteiger partial charge in [-0.1, -0.05) is 23.7 Å². The fourth-order valence-electron chi connectivity index (χ4n) is 1.73. The number of ether oxygens (including phenoxy) is 1. The van der Waals surface area contributed by atoms with Gasteiger partial charge in [0, 0.05) is 0 Å². The van der Waals surface area contributed by atoms with Gasteiger partial charge >= 0.3 is 11.7 Å². The highest BCUT2D eigenvalue weighted by molar-refractivity contribution is 6.33. The molecule has 4 nitrogen and oxygen atoms in total. The van der Waals surface area contributed by atoms with E-state index in [1.807, 2.05) is 53.8 Å². The Morgan fingerprint density at radius 3 is 2.67 bits per heavy atom. The van der Waals surface area contributed by atoms with Gasteiger partial charge in [-0.25, -0.2) is 14.1 Å². The Morgan fingerprint density at radius 2 is 2.11 bits per heavy atom. The van der Waals surface area contributed by atoms with Gasteiger partial charge in [-0.15, -0.1) is 0 Å². The quantitative estimate of drug-likeness (QED) is 0.465. The lowest BCUT2D eigenvalue weighted by Crippen LogP contribution is -2.35. The molecule has 0 aliphatic heterocycles. The van der Waals surface area contributed by atoms with Crippen LogP contribution in [0.3, 0.4) is 0 Å². The van der Waals surface area contributed by atoms with Crippen molar-refractivity contribution in [1.82, 2.24) is 4.57 Å². The van der Waals surface area contributed by atoms with E-state index in [-0.39, 0.29) is 0 Å². The van der Waals surface area contributed by atoms with Crippen LogP contribution in [0.1, 0.15) is 5.82 Å². The number of aryl methyl sites for hydroxylation is 2. The molecule has 0 unspecified atom stereocenters. The molecule has 94 valence electrons. The van der Waals surface area contributed by atoms with E-state index in [9.17, 15) is 0 Å². The van der Waals surface area contributed by atoms with Crippen LogP contribution in [0.4, 0.5) is 5.69 Å². The first kappa shape index (κ1) is 12.6. The van der Waals surface area contributed by atoms with E-state index < -0.39 is 0 Å². The predicted molar refractivity (Wildman–Crippen MR) is 71.2 cm³/mol. The summed E-state index contributed by atoms with van der Waals surface area (Å²) in [4.78, 5) is 4.46. The smallest absolute Gasteiger partial charge is 0.344 e. The maximum absolute atomic E-state index is 6.09. The van der Waals surface area contributed by atoms with Crippen molar-refractivity contribution in [2.24, 2.45) is 19.1 Å². The summed E-state index contributed by atoms with van der Waals surface area (Å²) >= 11 is 6.09. The van der Waals surface area contributed by atoms with Crippen molar-refractivity contribution in [3.63, 3.8) is 0 Å². The highest BCUT2D eigenvalue weighted by Gasteiger charge is 2.20. The second kappa shape index (κ2) is 5.23. The SMILES string of the molecule is CO/C(=N\c1ccccc1Cl)c1n(C)cc[n+]1C. The van der Waals surface area contributed by atoms with Crippen LogP contribution < -0.4 is 4.57 Å². The zero-order valence-electron chi connectivity index (χ0n) is 10.6. The fraction of sp³-hybridized carbons (Fsp3) is 0.231. The number of hydrogen-bond acceptors (Lipinski definition) is 2. The lowest BCUT2D eigenvalue weighted by molar-refractivity contribution is -0.672. The molecule has 2 aromatic rings. The first-order valence-electron chi connectivity index (χ1n) is 5.52. The molecule has 0 aliphatic carbocycles. The molecule has 0 saturated heterocycles. The van der Waals surface area contributed by atoms with Crippen molar-refractivity contribution in [2.75, 3.05) is 7.11 Å². The molecule has 0 fully saturated rings. The van der Waals surface area contributed by atoms with Gasteiger partial charge in [-0.2, -0.15) is 0 Å². The summed E-state index contributed by atoms with van der Waals surface area (Å²) in [5, 5.41) is 0.601. The molecule has 0 N–H and O–H groups in total. The number of benzene rings is 1. The molecule has 0 radical (unpaired) electrons. The highest BCUT2D eigenvalue weighted by atomic mass is 35.5. The summed E-state index contributed by atoms with van der Waals surface area (Å²) in [6.07, 6.45) is 3.88. The average molecular weight is 265 g/mol. The zero-order valence-corrected chi connectivity index (χ0v) is 11.3. The van der Waals surface area contributed by atoms with Gasteiger partial charge in [0.2, 0.25) is 0 Å². The van der Waals surface area contributed by atoms with Crippen LogP contribution in [0.15, 0.2) is 41.7 Å². The molecule has 1 heterocycles. The second-order valence-electron chi connectivity index (χ2n) is 3.92. The summed E-state index contributed by atoms with van der Waals surface area (Å²) in [6, 6.07) is 7.42. The lowest BCUT2D eigenvalue weighted by atomic mass is 10.3. The molecule has 1 aromatic heterocycles. The number of nitrogens with zero attached hydrogens (tertiary/aromatic N) is 3. The van der Waals surface area contributed by atoms with Gasteiger partial charge in [0.05, 0.1) is 31.9 Å². The topological polar surface area (TPSA) is 30.4 Å². The van der Waals surface area contributed by atoms with E-state index in [1.165, 1.54) is 0 Å². The van der Waals surface area contributed by atoms with Gasteiger partial charge < -0.3 is 4.74 Å². The number of methoxy groups -OCH3 is 1. The molecule has 1 aromatic carbocycles. The van der Waals surface area contributed by atoms with Gasteiger partial charge in [-0.3, -0.25) is 0 Å². The van der Waals surface area contributed by atoms with Crippen LogP contribution in [-0.2, 0) is 18.8 Å². The molecule has 0 bridgehead atoms. The minimum absolute atomic E-state index is 0.526. The second-order valence-corrected chi connectivity index (χ2v) is 4.32. The van der Waals surface area contributed by atoms with Crippen LogP contribution in [0, 0.1) is 0 Å². The van der Waals surface area contributed by atoms with Crippen molar-refractivity contribution in [2.45, 2.75) is 0 Å². The Labute approximate surface area is 111 Å². The van der Waals surface area contributed by atoms with Crippen LogP contribution >= 0.6 is 11.6 Å². The summed E-state index contributed by atoms with van der Waals surface area (Å²) in [5.41, 5.74) is 0.692. The minimum Gasteiger partial charge on any atom is -0.475 e. The van der Waals surface area contributed by atoms with Crippen molar-refractivity contribution in [1.29, 1.82) is 0 Å². The molecule has 0 atom stereocenters. The van der Waals surface area contributed by atoms with Crippen LogP contribution in [0.2, 0.25) is 5.02 Å². The van der Waals surface area contributed by atoms with E-state index >= 15 is 0 Å². The monoisotopic (exact) mass is 264 g/mol. The number of imidazole rings is 1. The third kappa shape index (κ3) is 2.38. The molecule has 2 rings (SSSR count). The first-order valence-corrected chi connectivity index (χ1v) is 5.90. The zero-order chi connectivity index (χ0) is 13.1. The van der Waals surface area contributed by atoms with Gasteiger partial charge in [-0.05, 0) is 12.1 Å². The maximum Gasteiger partial charge on any atom is 0.344 e. The van der Waals surface area contributed by atoms with Crippen LogP contribution in [0.5, 0.6) is 0 Å². The number of hydrogen-bond donors (Lipinski definition) is 0. The third-order valence-corrected chi connectivity index (χ3v) is 2.96. The van der Waals surface area contributed by atoms with Crippen molar-refractivity contribution in [3.05, 3.63) is 47.5 Å². The van der Waals surface area contributed by atoms with Crippen LogP contribution in [0.25, 0.3) is 0 Å². The number of aromatic nitrogens is 2. The van der Waals surface area contributed by atoms with Crippen LogP contribution in [-0.4, -0.2) is 17.6 Å². The van der Waals surface area contributed by atoms with Gasteiger partial charge in [0.15, 0.2) is 0 Å². The summed E-state index contributed by atoms with van der Waals surface area (Å²) in [6.45, 7) is 0. The summed E-state index contributed by atoms with van der Waals surface area (Å²) in [7, 11) is 5.48. The Morgan fingerprint density at radius 1 is 1.39 bits per heavy atom. The number of rotatable bonds is 2. The van der Waals surface area contributed by atoms with E-state index in [4.69, 9.17) is 16.3 Å². The Kier molecular flexibility index (Phi) is 3.67. The largest absolute Gasteiger partial charge is 0.475 e. The molecule has 18 heavy (non-hydrogen) atoms. The van der Waals surface area contributed by atoms with Crippen molar-refractivity contribution >= 4 is 23.2 Å². The Hall–Kier alpha value is -1.81. The average Bonchev–Trinajstić information content (AvgIpc) is 2.69. The minimum atomic E-state index is 0.526. The first-order chi connectivity index (χ1) is 8.63. The fourth-order valence-corrected chi connectivity index (χ4v) is 1.91. The molecule has 0 aliphatic rings. The Balaban J connectivity index is 2.50. The van der Waals surface area contributed by atoms with Gasteiger partial charge in [0.25, 0.3) is 0 Å². The standard InChI is InChI=1S/C13H15ClN3O/c1-16-8-9-17(2)13(16)12(18-3)15-11-7-5-4-6-10(11)14/h4-9H,1-3H3/q+1/b15-12-. The molecule has 0 amide bonds. The van der Waals surface area contributed by atoms with Crippen molar-refractivity contribution < 1.29 is 9.30 Å². The van der Waals surface area contributed by atoms with E-state index in [0.717, 1.165) is 5.82 Å². The Bertz CT molecular complexity index is 570. The predicted octanol–water partition coefficient (Wildman–Crippen LogP) is 2.23. The van der Waals surface area contributed by atoms with E-state index in [2.05, 4.69) is 4.99 Å². The van der Waals surface area contributed by atoms with Gasteiger partial charge in [0.1, 0.15) is 12.4 Å². The van der Waals surface area contributed by atoms with E-state index in [1.54, 1.807) is 13.2 Å². The summed E-state index contributed by atoms with van der Waals surface area (Å²) < 4.78 is 9.25.